The van der Waals surface area contributed by atoms with Crippen molar-refractivity contribution in [2.45, 2.75) is 0 Å². The summed E-state index contributed by atoms with van der Waals surface area (Å²) in [7, 11) is 1.57. The maximum Gasteiger partial charge on any atom is 0.347 e. The number of hydrogen-bond donors (Lipinski definition) is 1. The highest BCUT2D eigenvalue weighted by Crippen LogP contribution is 2.26. The SMILES string of the molecule is COc1cc(-n2nc[nH]c2=O)ccc1Br. The number of nitrogens with zero attached hydrogens (tertiary/aromatic N) is 2. The normalized spacial score (nSPS) is 10.3. The second-order valence-corrected chi connectivity index (χ2v) is 3.68. The van der Waals surface area contributed by atoms with Gasteiger partial charge in [0.15, 0.2) is 0 Å². The lowest BCUT2D eigenvalue weighted by Gasteiger charge is -2.05. The Bertz CT molecular complexity index is 532. The number of nitrogens with one attached hydrogen (secondary N) is 1. The molecule has 1 N–H and O–H groups in total. The highest BCUT2D eigenvalue weighted by Gasteiger charge is 2.05. The second kappa shape index (κ2) is 3.90. The molecule has 0 unspecified atom stereocenters. The first-order valence-corrected chi connectivity index (χ1v) is 4.98. The molecule has 0 amide bonds. The molecule has 0 radical (unpaired) electrons. The number of H-pyrrole nitrogens is 1. The fourth-order valence-corrected chi connectivity index (χ4v) is 1.63. The van der Waals surface area contributed by atoms with Crippen molar-refractivity contribution in [1.29, 1.82) is 0 Å². The van der Waals surface area contributed by atoms with Gasteiger partial charge in [-0.05, 0) is 28.1 Å². The predicted octanol–water partition coefficient (Wildman–Crippen LogP) is 1.33. The Labute approximate surface area is 93.8 Å². The van der Waals surface area contributed by atoms with E-state index >= 15 is 0 Å². The molecule has 0 saturated heterocycles. The highest BCUT2D eigenvalue weighted by atomic mass is 79.9. The van der Waals surface area contributed by atoms with Gasteiger partial charge in [0.05, 0.1) is 17.3 Å². The lowest BCUT2D eigenvalue weighted by molar-refractivity contribution is 0.412. The minimum atomic E-state index is -0.278. The second-order valence-electron chi connectivity index (χ2n) is 2.82. The van der Waals surface area contributed by atoms with E-state index in [0.717, 1.165) is 4.47 Å². The van der Waals surface area contributed by atoms with Gasteiger partial charge in [0.2, 0.25) is 0 Å². The Hall–Kier alpha value is -1.56. The van der Waals surface area contributed by atoms with E-state index in [0.29, 0.717) is 11.4 Å². The van der Waals surface area contributed by atoms with E-state index in [1.807, 2.05) is 0 Å². The predicted molar refractivity (Wildman–Crippen MR) is 58.4 cm³/mol. The van der Waals surface area contributed by atoms with Crippen LogP contribution in [0, 0.1) is 0 Å². The molecule has 1 aromatic carbocycles. The number of aromatic amines is 1. The maximum atomic E-state index is 11.3. The fourth-order valence-electron chi connectivity index (χ4n) is 1.22. The van der Waals surface area contributed by atoms with Gasteiger partial charge in [0.25, 0.3) is 0 Å². The summed E-state index contributed by atoms with van der Waals surface area (Å²) in [5.74, 6) is 0.655. The number of halogens is 1. The molecule has 0 aliphatic rings. The molecule has 0 aliphatic carbocycles. The summed E-state index contributed by atoms with van der Waals surface area (Å²) >= 11 is 3.33. The topological polar surface area (TPSA) is 59.9 Å². The van der Waals surface area contributed by atoms with E-state index in [-0.39, 0.29) is 5.69 Å². The molecule has 2 aromatic rings. The van der Waals surface area contributed by atoms with Gasteiger partial charge < -0.3 is 4.74 Å². The van der Waals surface area contributed by atoms with Crippen LogP contribution < -0.4 is 10.4 Å². The third-order valence-corrected chi connectivity index (χ3v) is 2.59. The molecule has 0 aliphatic heterocycles. The van der Waals surface area contributed by atoms with Crippen LogP contribution in [-0.2, 0) is 0 Å². The van der Waals surface area contributed by atoms with Crippen molar-refractivity contribution in [3.63, 3.8) is 0 Å². The van der Waals surface area contributed by atoms with Crippen molar-refractivity contribution in [2.75, 3.05) is 7.11 Å². The monoisotopic (exact) mass is 269 g/mol. The van der Waals surface area contributed by atoms with Gasteiger partial charge >= 0.3 is 5.69 Å². The van der Waals surface area contributed by atoms with Crippen molar-refractivity contribution >= 4 is 15.9 Å². The lowest BCUT2D eigenvalue weighted by Crippen LogP contribution is -2.15. The average Bonchev–Trinajstić information content (AvgIpc) is 2.65. The highest BCUT2D eigenvalue weighted by molar-refractivity contribution is 9.10. The van der Waals surface area contributed by atoms with Crippen LogP contribution in [0.3, 0.4) is 0 Å². The quantitative estimate of drug-likeness (QED) is 0.895. The smallest absolute Gasteiger partial charge is 0.347 e. The van der Waals surface area contributed by atoms with Crippen LogP contribution in [0.2, 0.25) is 0 Å². The van der Waals surface area contributed by atoms with Gasteiger partial charge in [-0.3, -0.25) is 4.98 Å². The molecule has 0 spiro atoms. The molecule has 0 fully saturated rings. The van der Waals surface area contributed by atoms with E-state index in [1.54, 1.807) is 25.3 Å². The minimum Gasteiger partial charge on any atom is -0.495 e. The number of hydrogen-bond acceptors (Lipinski definition) is 3. The zero-order valence-electron chi connectivity index (χ0n) is 7.90. The number of methoxy groups -OCH3 is 1. The van der Waals surface area contributed by atoms with Gasteiger partial charge in [-0.2, -0.15) is 9.78 Å². The zero-order valence-corrected chi connectivity index (χ0v) is 9.48. The van der Waals surface area contributed by atoms with E-state index in [2.05, 4.69) is 26.0 Å². The van der Waals surface area contributed by atoms with Crippen molar-refractivity contribution in [3.8, 4) is 11.4 Å². The van der Waals surface area contributed by atoms with Crippen LogP contribution in [0.15, 0.2) is 33.8 Å². The number of ether oxygens (including phenoxy) is 1. The van der Waals surface area contributed by atoms with Crippen LogP contribution in [0.5, 0.6) is 5.75 Å². The third-order valence-electron chi connectivity index (χ3n) is 1.93. The van der Waals surface area contributed by atoms with E-state index in [9.17, 15) is 4.79 Å². The molecule has 0 atom stereocenters. The Morgan fingerprint density at radius 1 is 1.53 bits per heavy atom. The molecule has 5 nitrogen and oxygen atoms in total. The summed E-state index contributed by atoms with van der Waals surface area (Å²) in [6, 6.07) is 5.30. The minimum absolute atomic E-state index is 0.278. The van der Waals surface area contributed by atoms with Crippen LogP contribution in [0.1, 0.15) is 0 Å². The fraction of sp³-hybridized carbons (Fsp3) is 0.111. The number of rotatable bonds is 2. The van der Waals surface area contributed by atoms with E-state index in [4.69, 9.17) is 4.74 Å². The molecule has 6 heteroatoms. The largest absolute Gasteiger partial charge is 0.495 e. The van der Waals surface area contributed by atoms with Crippen molar-refractivity contribution < 1.29 is 4.74 Å². The molecule has 1 heterocycles. The van der Waals surface area contributed by atoms with Gasteiger partial charge in [0, 0.05) is 6.07 Å². The van der Waals surface area contributed by atoms with E-state index < -0.39 is 0 Å². The van der Waals surface area contributed by atoms with Crippen molar-refractivity contribution in [3.05, 3.63) is 39.5 Å². The summed E-state index contributed by atoms with van der Waals surface area (Å²) in [5.41, 5.74) is 0.376. The average molecular weight is 270 g/mol. The molecule has 0 saturated carbocycles. The first-order chi connectivity index (χ1) is 7.22. The van der Waals surface area contributed by atoms with Crippen LogP contribution >= 0.6 is 15.9 Å². The Morgan fingerprint density at radius 2 is 2.33 bits per heavy atom. The summed E-state index contributed by atoms with van der Waals surface area (Å²) < 4.78 is 7.21. The molecule has 78 valence electrons. The van der Waals surface area contributed by atoms with Crippen LogP contribution in [0.25, 0.3) is 5.69 Å². The Kier molecular flexibility index (Phi) is 2.59. The van der Waals surface area contributed by atoms with E-state index in [1.165, 1.54) is 11.0 Å². The maximum absolute atomic E-state index is 11.3. The van der Waals surface area contributed by atoms with Gasteiger partial charge in [0.1, 0.15) is 12.1 Å². The summed E-state index contributed by atoms with van der Waals surface area (Å²) in [6.07, 6.45) is 1.34. The molecule has 1 aromatic heterocycles. The zero-order chi connectivity index (χ0) is 10.8. The summed E-state index contributed by atoms with van der Waals surface area (Å²) in [5, 5.41) is 3.87. The molecular weight excluding hydrogens is 262 g/mol. The summed E-state index contributed by atoms with van der Waals surface area (Å²) in [6.45, 7) is 0. The van der Waals surface area contributed by atoms with Gasteiger partial charge in [-0.25, -0.2) is 4.79 Å². The summed E-state index contributed by atoms with van der Waals surface area (Å²) in [4.78, 5) is 13.8. The van der Waals surface area contributed by atoms with Crippen molar-refractivity contribution in [1.82, 2.24) is 14.8 Å². The Morgan fingerprint density at radius 3 is 2.93 bits per heavy atom. The molecule has 2 rings (SSSR count). The third kappa shape index (κ3) is 1.80. The molecular formula is C9H8BrN3O2. The number of aromatic nitrogens is 3. The van der Waals surface area contributed by atoms with Crippen LogP contribution in [0.4, 0.5) is 0 Å². The standard InChI is InChI=1S/C9H8BrN3O2/c1-15-8-4-6(2-3-7(8)10)13-9(14)11-5-12-13/h2-5H,1H3,(H,11,12,14). The first-order valence-electron chi connectivity index (χ1n) is 4.19. The van der Waals surface area contributed by atoms with Gasteiger partial charge in [-0.1, -0.05) is 0 Å². The first kappa shape index (κ1) is 9.97. The molecule has 15 heavy (non-hydrogen) atoms. The van der Waals surface area contributed by atoms with Crippen LogP contribution in [-0.4, -0.2) is 21.9 Å². The molecule has 0 bridgehead atoms. The Balaban J connectivity index is 2.55. The van der Waals surface area contributed by atoms with Crippen molar-refractivity contribution in [2.24, 2.45) is 0 Å². The van der Waals surface area contributed by atoms with Gasteiger partial charge in [-0.15, -0.1) is 0 Å². The lowest BCUT2D eigenvalue weighted by atomic mass is 10.3. The number of benzene rings is 1.